The highest BCUT2D eigenvalue weighted by molar-refractivity contribution is 5.90. The SMILES string of the molecule is CCCCc1cccc2cccc(C(N3CC(C)(C)C(=O)N3)C(F)(F)F)c12. The quantitative estimate of drug-likeness (QED) is 0.780. The number of carbonyl (C=O) groups is 1. The van der Waals surface area contributed by atoms with Crippen molar-refractivity contribution in [2.75, 3.05) is 6.54 Å². The smallest absolute Gasteiger partial charge is 0.287 e. The van der Waals surface area contributed by atoms with E-state index in [-0.39, 0.29) is 18.0 Å². The van der Waals surface area contributed by atoms with Crippen molar-refractivity contribution in [1.82, 2.24) is 10.4 Å². The maximum atomic E-state index is 14.2. The number of benzene rings is 2. The molecule has 1 fully saturated rings. The summed E-state index contributed by atoms with van der Waals surface area (Å²) in [6.07, 6.45) is -1.90. The summed E-state index contributed by atoms with van der Waals surface area (Å²) >= 11 is 0. The first-order chi connectivity index (χ1) is 12.6. The number of nitrogens with zero attached hydrogens (tertiary/aromatic N) is 1. The second-order valence-corrected chi connectivity index (χ2v) is 7.86. The molecule has 1 atom stereocenters. The van der Waals surface area contributed by atoms with E-state index in [0.29, 0.717) is 5.39 Å². The van der Waals surface area contributed by atoms with Crippen molar-refractivity contribution >= 4 is 16.7 Å². The maximum absolute atomic E-state index is 14.2. The molecule has 0 bridgehead atoms. The Labute approximate surface area is 157 Å². The zero-order chi connectivity index (χ0) is 19.8. The summed E-state index contributed by atoms with van der Waals surface area (Å²) in [4.78, 5) is 12.1. The van der Waals surface area contributed by atoms with Gasteiger partial charge < -0.3 is 0 Å². The van der Waals surface area contributed by atoms with Gasteiger partial charge in [0.05, 0.1) is 5.41 Å². The highest BCUT2D eigenvalue weighted by Crippen LogP contribution is 2.43. The Kier molecular flexibility index (Phi) is 5.21. The number of carbonyl (C=O) groups excluding carboxylic acids is 1. The van der Waals surface area contributed by atoms with Crippen LogP contribution >= 0.6 is 0 Å². The number of hydrogen-bond acceptors (Lipinski definition) is 2. The van der Waals surface area contributed by atoms with Crippen LogP contribution in [0.5, 0.6) is 0 Å². The molecule has 0 aliphatic carbocycles. The molecule has 146 valence electrons. The van der Waals surface area contributed by atoms with Crippen molar-refractivity contribution in [3.8, 4) is 0 Å². The summed E-state index contributed by atoms with van der Waals surface area (Å²) in [6.45, 7) is 5.38. The molecule has 1 aliphatic rings. The van der Waals surface area contributed by atoms with Crippen LogP contribution in [0.2, 0.25) is 0 Å². The summed E-state index contributed by atoms with van der Waals surface area (Å²) in [5, 5.41) is 2.49. The molecule has 3 rings (SSSR count). The molecule has 0 saturated carbocycles. The minimum Gasteiger partial charge on any atom is -0.287 e. The second-order valence-electron chi connectivity index (χ2n) is 7.86. The third kappa shape index (κ3) is 3.81. The van der Waals surface area contributed by atoms with Crippen LogP contribution in [-0.2, 0) is 11.2 Å². The second kappa shape index (κ2) is 7.15. The number of alkyl halides is 3. The van der Waals surface area contributed by atoms with E-state index in [1.165, 1.54) is 6.07 Å². The van der Waals surface area contributed by atoms with Crippen LogP contribution in [0.4, 0.5) is 13.2 Å². The number of halogens is 3. The lowest BCUT2D eigenvalue weighted by Crippen LogP contribution is -2.43. The Morgan fingerprint density at radius 3 is 2.41 bits per heavy atom. The van der Waals surface area contributed by atoms with Crippen LogP contribution in [-0.4, -0.2) is 23.6 Å². The summed E-state index contributed by atoms with van der Waals surface area (Å²) in [5.74, 6) is -0.386. The van der Waals surface area contributed by atoms with Crippen LogP contribution in [0.1, 0.15) is 50.8 Å². The lowest BCUT2D eigenvalue weighted by molar-refractivity contribution is -0.191. The zero-order valence-electron chi connectivity index (χ0n) is 15.9. The van der Waals surface area contributed by atoms with E-state index in [1.54, 1.807) is 19.9 Å². The van der Waals surface area contributed by atoms with Gasteiger partial charge in [0.25, 0.3) is 0 Å². The fourth-order valence-corrected chi connectivity index (χ4v) is 3.75. The third-order valence-electron chi connectivity index (χ3n) is 5.16. The first-order valence-electron chi connectivity index (χ1n) is 9.30. The van der Waals surface area contributed by atoms with Crippen LogP contribution in [0, 0.1) is 5.41 Å². The number of nitrogens with one attached hydrogen (secondary N) is 1. The first kappa shape index (κ1) is 19.7. The van der Waals surface area contributed by atoms with Crippen LogP contribution in [0.3, 0.4) is 0 Å². The molecule has 6 heteroatoms. The molecule has 1 heterocycles. The molecule has 2 aromatic rings. The Morgan fingerprint density at radius 2 is 1.85 bits per heavy atom. The van der Waals surface area contributed by atoms with E-state index in [2.05, 4.69) is 12.3 Å². The Morgan fingerprint density at radius 1 is 1.19 bits per heavy atom. The molecule has 3 nitrogen and oxygen atoms in total. The van der Waals surface area contributed by atoms with E-state index in [9.17, 15) is 18.0 Å². The van der Waals surface area contributed by atoms with E-state index in [0.717, 1.165) is 35.2 Å². The molecule has 0 radical (unpaired) electrons. The van der Waals surface area contributed by atoms with Gasteiger partial charge in [-0.2, -0.15) is 13.2 Å². The molecule has 0 spiro atoms. The van der Waals surface area contributed by atoms with Gasteiger partial charge in [0, 0.05) is 6.54 Å². The van der Waals surface area contributed by atoms with Crippen molar-refractivity contribution < 1.29 is 18.0 Å². The number of unbranched alkanes of at least 4 members (excludes halogenated alkanes) is 1. The zero-order valence-corrected chi connectivity index (χ0v) is 15.9. The van der Waals surface area contributed by atoms with Crippen molar-refractivity contribution in [3.63, 3.8) is 0 Å². The molecular formula is C21H25F3N2O. The lowest BCUT2D eigenvalue weighted by atomic mass is 9.91. The van der Waals surface area contributed by atoms with Crippen molar-refractivity contribution in [2.24, 2.45) is 5.41 Å². The summed E-state index contributed by atoms with van der Waals surface area (Å²) in [6, 6.07) is 8.79. The van der Waals surface area contributed by atoms with Gasteiger partial charge in [0.2, 0.25) is 5.91 Å². The Balaban J connectivity index is 2.16. The fourth-order valence-electron chi connectivity index (χ4n) is 3.75. The minimum absolute atomic E-state index is 0.00350. The highest BCUT2D eigenvalue weighted by atomic mass is 19.4. The van der Waals surface area contributed by atoms with Crippen molar-refractivity contribution in [1.29, 1.82) is 0 Å². The third-order valence-corrected chi connectivity index (χ3v) is 5.16. The van der Waals surface area contributed by atoms with Gasteiger partial charge in [-0.1, -0.05) is 49.7 Å². The predicted molar refractivity (Wildman–Crippen MR) is 100.0 cm³/mol. The maximum Gasteiger partial charge on any atom is 0.409 e. The molecule has 1 unspecified atom stereocenters. The number of hydrogen-bond donors (Lipinski definition) is 1. The molecule has 1 aliphatic heterocycles. The van der Waals surface area contributed by atoms with Crippen LogP contribution in [0.25, 0.3) is 10.8 Å². The number of rotatable bonds is 5. The highest BCUT2D eigenvalue weighted by Gasteiger charge is 2.51. The molecule has 1 saturated heterocycles. The molecule has 1 N–H and O–H groups in total. The van der Waals surface area contributed by atoms with Crippen molar-refractivity contribution in [2.45, 2.75) is 52.3 Å². The number of aryl methyl sites for hydroxylation is 1. The first-order valence-corrected chi connectivity index (χ1v) is 9.30. The van der Waals surface area contributed by atoms with E-state index in [1.807, 2.05) is 24.3 Å². The topological polar surface area (TPSA) is 32.3 Å². The van der Waals surface area contributed by atoms with Crippen LogP contribution < -0.4 is 5.43 Å². The molecular weight excluding hydrogens is 353 g/mol. The standard InChI is InChI=1S/C21H25F3N2O/c1-4-5-8-14-9-6-10-15-11-7-12-16(17(14)15)18(21(22,23)24)26-13-20(2,3)19(27)25-26/h6-7,9-12,18H,4-5,8,13H2,1-3H3,(H,25,27). The average Bonchev–Trinajstić information content (AvgIpc) is 2.84. The van der Waals surface area contributed by atoms with Gasteiger partial charge in [0.15, 0.2) is 6.04 Å². The minimum atomic E-state index is -4.51. The molecule has 2 aromatic carbocycles. The summed E-state index contributed by atoms with van der Waals surface area (Å²) in [5.41, 5.74) is 2.71. The largest absolute Gasteiger partial charge is 0.409 e. The Bertz CT molecular complexity index is 840. The monoisotopic (exact) mass is 378 g/mol. The van der Waals surface area contributed by atoms with E-state index in [4.69, 9.17) is 0 Å². The lowest BCUT2D eigenvalue weighted by Gasteiger charge is -2.31. The van der Waals surface area contributed by atoms with Gasteiger partial charge in [-0.25, -0.2) is 5.01 Å². The molecule has 0 aromatic heterocycles. The van der Waals surface area contributed by atoms with E-state index < -0.39 is 17.6 Å². The molecule has 27 heavy (non-hydrogen) atoms. The van der Waals surface area contributed by atoms with Gasteiger partial charge in [0.1, 0.15) is 0 Å². The predicted octanol–water partition coefficient (Wildman–Crippen LogP) is 5.16. The van der Waals surface area contributed by atoms with Gasteiger partial charge >= 0.3 is 6.18 Å². The fraction of sp³-hybridized carbons (Fsp3) is 0.476. The molecule has 1 amide bonds. The van der Waals surface area contributed by atoms with Crippen molar-refractivity contribution in [3.05, 3.63) is 47.5 Å². The normalized spacial score (nSPS) is 18.7. The number of hydrazine groups is 1. The van der Waals surface area contributed by atoms with E-state index >= 15 is 0 Å². The number of fused-ring (bicyclic) bond motifs is 1. The average molecular weight is 378 g/mol. The van der Waals surface area contributed by atoms with Gasteiger partial charge in [-0.3, -0.25) is 10.2 Å². The van der Waals surface area contributed by atoms with Gasteiger partial charge in [-0.05, 0) is 48.6 Å². The van der Waals surface area contributed by atoms with Crippen LogP contribution in [0.15, 0.2) is 36.4 Å². The summed E-state index contributed by atoms with van der Waals surface area (Å²) in [7, 11) is 0. The summed E-state index contributed by atoms with van der Waals surface area (Å²) < 4.78 is 42.5. The van der Waals surface area contributed by atoms with Gasteiger partial charge in [-0.15, -0.1) is 0 Å². The Hall–Kier alpha value is -2.08. The number of amides is 1.